The summed E-state index contributed by atoms with van der Waals surface area (Å²) in [6, 6.07) is 80.2. The number of anilines is 3. The SMILES string of the molecule is c1ccc(-c2ccc(N(c3ccc(-c4cccc5c4sc4ccccc45)cc3)c3ccc4c(c3)oc3c(-c5cccc(-c6ccccc6)c5)c5c(cc34)oc3ccccc35)cc2)cc1. The zero-order chi connectivity index (χ0) is 42.1. The summed E-state index contributed by atoms with van der Waals surface area (Å²) >= 11 is 1.86. The lowest BCUT2D eigenvalue weighted by Crippen LogP contribution is -2.09. The molecule has 3 heterocycles. The lowest BCUT2D eigenvalue weighted by Gasteiger charge is -2.26. The molecule has 3 nitrogen and oxygen atoms in total. The first-order chi connectivity index (χ1) is 31.7. The molecule has 10 aromatic carbocycles. The van der Waals surface area contributed by atoms with E-state index in [1.165, 1.54) is 48.0 Å². The van der Waals surface area contributed by atoms with Gasteiger partial charge in [0.15, 0.2) is 0 Å². The number of nitrogens with zero attached hydrogens (tertiary/aromatic N) is 1. The van der Waals surface area contributed by atoms with Gasteiger partial charge in [0.25, 0.3) is 0 Å². The fourth-order valence-electron chi connectivity index (χ4n) is 9.65. The maximum absolute atomic E-state index is 7.13. The Bertz CT molecular complexity index is 3880. The van der Waals surface area contributed by atoms with Gasteiger partial charge in [-0.3, -0.25) is 0 Å². The molecule has 0 saturated heterocycles. The van der Waals surface area contributed by atoms with E-state index in [9.17, 15) is 0 Å². The smallest absolute Gasteiger partial charge is 0.144 e. The maximum atomic E-state index is 7.13. The molecule has 0 unspecified atom stereocenters. The highest BCUT2D eigenvalue weighted by molar-refractivity contribution is 7.26. The summed E-state index contributed by atoms with van der Waals surface area (Å²) in [6.45, 7) is 0. The van der Waals surface area contributed by atoms with Crippen molar-refractivity contribution >= 4 is 92.4 Å². The molecule has 0 aliphatic carbocycles. The van der Waals surface area contributed by atoms with Gasteiger partial charge >= 0.3 is 0 Å². The topological polar surface area (TPSA) is 29.5 Å². The zero-order valence-corrected chi connectivity index (χ0v) is 35.4. The molecule has 0 aliphatic rings. The number of hydrogen-bond donors (Lipinski definition) is 0. The van der Waals surface area contributed by atoms with Crippen molar-refractivity contribution in [1.82, 2.24) is 0 Å². The Balaban J connectivity index is 0.981. The summed E-state index contributed by atoms with van der Waals surface area (Å²) in [5.41, 5.74) is 15.7. The molecule has 0 fully saturated rings. The number of thiophene rings is 1. The van der Waals surface area contributed by atoms with Crippen molar-refractivity contribution in [2.45, 2.75) is 0 Å². The van der Waals surface area contributed by atoms with Gasteiger partial charge in [-0.25, -0.2) is 0 Å². The Hall–Kier alpha value is -8.18. The molecule has 300 valence electrons. The highest BCUT2D eigenvalue weighted by Gasteiger charge is 2.23. The van der Waals surface area contributed by atoms with Gasteiger partial charge in [-0.05, 0) is 99.6 Å². The zero-order valence-electron chi connectivity index (χ0n) is 34.5. The van der Waals surface area contributed by atoms with Crippen LogP contribution in [-0.4, -0.2) is 0 Å². The molecule has 0 N–H and O–H groups in total. The quantitative estimate of drug-likeness (QED) is 0.160. The highest BCUT2D eigenvalue weighted by atomic mass is 32.1. The van der Waals surface area contributed by atoms with Crippen LogP contribution in [-0.2, 0) is 0 Å². The minimum absolute atomic E-state index is 0.809. The van der Waals surface area contributed by atoms with E-state index in [0.717, 1.165) is 77.6 Å². The number of hydrogen-bond acceptors (Lipinski definition) is 4. The number of benzene rings is 10. The van der Waals surface area contributed by atoms with Crippen molar-refractivity contribution < 1.29 is 8.83 Å². The molecular formula is C60H37NO2S. The number of rotatable bonds is 7. The third-order valence-electron chi connectivity index (χ3n) is 12.7. The van der Waals surface area contributed by atoms with E-state index in [-0.39, 0.29) is 0 Å². The van der Waals surface area contributed by atoms with Gasteiger partial charge in [0.05, 0.1) is 0 Å². The van der Waals surface area contributed by atoms with Crippen LogP contribution < -0.4 is 4.90 Å². The van der Waals surface area contributed by atoms with Crippen LogP contribution in [0, 0.1) is 0 Å². The summed E-state index contributed by atoms with van der Waals surface area (Å²) in [5, 5.41) is 6.79. The normalized spacial score (nSPS) is 11.8. The Labute approximate surface area is 373 Å². The molecule has 0 bridgehead atoms. The molecular weight excluding hydrogens is 799 g/mol. The van der Waals surface area contributed by atoms with E-state index in [0.29, 0.717) is 0 Å². The number of furan rings is 2. The standard InChI is InChI=1S/C60H37NO2S/c1-3-13-38(14-4-1)40-25-29-44(30-26-40)61(45-31-27-41(28-32-45)47-21-12-22-50-49-19-8-10-24-56(49)64-60(47)50)46-33-34-48-52-37-55-58(51-20-7-9-23-53(51)62-55)57(59(52)63-54(48)36-46)43-18-11-17-42(35-43)39-15-5-2-6-16-39/h1-37H. The van der Waals surface area contributed by atoms with Crippen molar-refractivity contribution in [3.05, 3.63) is 224 Å². The van der Waals surface area contributed by atoms with Crippen molar-refractivity contribution in [1.29, 1.82) is 0 Å². The van der Waals surface area contributed by atoms with Gasteiger partial charge in [-0.2, -0.15) is 0 Å². The average Bonchev–Trinajstić information content (AvgIpc) is 4.05. The third kappa shape index (κ3) is 5.95. The summed E-state index contributed by atoms with van der Waals surface area (Å²) in [7, 11) is 0. The second-order valence-corrected chi connectivity index (χ2v) is 17.5. The number of para-hydroxylation sites is 1. The first-order valence-electron chi connectivity index (χ1n) is 21.6. The van der Waals surface area contributed by atoms with Crippen LogP contribution in [0.3, 0.4) is 0 Å². The van der Waals surface area contributed by atoms with Gasteiger partial charge in [0.1, 0.15) is 22.3 Å². The maximum Gasteiger partial charge on any atom is 0.144 e. The van der Waals surface area contributed by atoms with Crippen LogP contribution in [0.15, 0.2) is 233 Å². The predicted molar refractivity (Wildman–Crippen MR) is 270 cm³/mol. The van der Waals surface area contributed by atoms with Gasteiger partial charge < -0.3 is 13.7 Å². The monoisotopic (exact) mass is 835 g/mol. The van der Waals surface area contributed by atoms with Crippen molar-refractivity contribution in [2.75, 3.05) is 4.90 Å². The minimum Gasteiger partial charge on any atom is -0.456 e. The molecule has 0 spiro atoms. The largest absolute Gasteiger partial charge is 0.456 e. The third-order valence-corrected chi connectivity index (χ3v) is 13.9. The average molecular weight is 836 g/mol. The first-order valence-corrected chi connectivity index (χ1v) is 22.5. The van der Waals surface area contributed by atoms with Crippen LogP contribution in [0.1, 0.15) is 0 Å². The molecule has 0 radical (unpaired) electrons. The second kappa shape index (κ2) is 14.7. The Morgan fingerprint density at radius 1 is 0.328 bits per heavy atom. The van der Waals surface area contributed by atoms with Gasteiger partial charge in [0, 0.05) is 70.4 Å². The Kier molecular flexibility index (Phi) is 8.40. The fourth-order valence-corrected chi connectivity index (χ4v) is 10.9. The van der Waals surface area contributed by atoms with Crippen molar-refractivity contribution in [2.24, 2.45) is 0 Å². The summed E-state index contributed by atoms with van der Waals surface area (Å²) in [6.07, 6.45) is 0. The molecule has 0 atom stereocenters. The predicted octanol–water partition coefficient (Wildman–Crippen LogP) is 18.0. The van der Waals surface area contributed by atoms with E-state index >= 15 is 0 Å². The fraction of sp³-hybridized carbons (Fsp3) is 0. The molecule has 3 aromatic heterocycles. The second-order valence-electron chi connectivity index (χ2n) is 16.4. The van der Waals surface area contributed by atoms with E-state index in [1.54, 1.807) is 0 Å². The van der Waals surface area contributed by atoms with Crippen LogP contribution >= 0.6 is 11.3 Å². The molecule has 13 rings (SSSR count). The summed E-state index contributed by atoms with van der Waals surface area (Å²) < 4.78 is 16.4. The van der Waals surface area contributed by atoms with Crippen LogP contribution in [0.4, 0.5) is 17.1 Å². The van der Waals surface area contributed by atoms with Crippen LogP contribution in [0.5, 0.6) is 0 Å². The van der Waals surface area contributed by atoms with E-state index in [4.69, 9.17) is 8.83 Å². The number of fused-ring (bicyclic) bond motifs is 9. The molecule has 0 amide bonds. The summed E-state index contributed by atoms with van der Waals surface area (Å²) in [4.78, 5) is 2.33. The van der Waals surface area contributed by atoms with Crippen molar-refractivity contribution in [3.63, 3.8) is 0 Å². The van der Waals surface area contributed by atoms with Crippen LogP contribution in [0.25, 0.3) is 109 Å². The molecule has 0 aliphatic heterocycles. The van der Waals surface area contributed by atoms with Gasteiger partial charge in [-0.1, -0.05) is 158 Å². The first kappa shape index (κ1) is 36.5. The molecule has 4 heteroatoms. The van der Waals surface area contributed by atoms with Gasteiger partial charge in [0.2, 0.25) is 0 Å². The van der Waals surface area contributed by atoms with Crippen LogP contribution in [0.2, 0.25) is 0 Å². The van der Waals surface area contributed by atoms with E-state index in [2.05, 4.69) is 217 Å². The van der Waals surface area contributed by atoms with E-state index < -0.39 is 0 Å². The molecule has 64 heavy (non-hydrogen) atoms. The lowest BCUT2D eigenvalue weighted by atomic mass is 9.94. The van der Waals surface area contributed by atoms with Crippen molar-refractivity contribution in [3.8, 4) is 44.5 Å². The Morgan fingerprint density at radius 3 is 1.70 bits per heavy atom. The Morgan fingerprint density at radius 2 is 0.922 bits per heavy atom. The lowest BCUT2D eigenvalue weighted by molar-refractivity contribution is 0.664. The molecule has 13 aromatic rings. The highest BCUT2D eigenvalue weighted by Crippen LogP contribution is 2.47. The summed E-state index contributed by atoms with van der Waals surface area (Å²) in [5.74, 6) is 0. The van der Waals surface area contributed by atoms with E-state index in [1.807, 2.05) is 23.5 Å². The van der Waals surface area contributed by atoms with Gasteiger partial charge in [-0.15, -0.1) is 11.3 Å². The molecule has 0 saturated carbocycles. The minimum atomic E-state index is 0.809.